The van der Waals surface area contributed by atoms with Gasteiger partial charge in [-0.15, -0.1) is 0 Å². The van der Waals surface area contributed by atoms with Gasteiger partial charge in [0.25, 0.3) is 5.91 Å². The third-order valence-corrected chi connectivity index (χ3v) is 6.35. The summed E-state index contributed by atoms with van der Waals surface area (Å²) in [5, 5.41) is 2.45. The molecule has 0 saturated heterocycles. The van der Waals surface area contributed by atoms with Crippen molar-refractivity contribution < 1.29 is 28.6 Å². The minimum atomic E-state index is -1.01. The van der Waals surface area contributed by atoms with Gasteiger partial charge in [-0.05, 0) is 53.8 Å². The van der Waals surface area contributed by atoms with Crippen LogP contribution in [0.15, 0.2) is 60.7 Å². The second-order valence-corrected chi connectivity index (χ2v) is 8.39. The highest BCUT2D eigenvalue weighted by Crippen LogP contribution is 2.41. The predicted molar refractivity (Wildman–Crippen MR) is 129 cm³/mol. The molecule has 0 aromatic heterocycles. The molecule has 0 bridgehead atoms. The lowest BCUT2D eigenvalue weighted by molar-refractivity contribution is -0.150. The summed E-state index contributed by atoms with van der Waals surface area (Å²) in [4.78, 5) is 38.1. The number of carbonyl (C=O) groups excluding carboxylic acids is 3. The van der Waals surface area contributed by atoms with Crippen molar-refractivity contribution in [3.05, 3.63) is 82.9 Å². The minimum Gasteiger partial charge on any atom is -0.493 e. The van der Waals surface area contributed by atoms with Gasteiger partial charge in [0.15, 0.2) is 11.5 Å². The molecule has 0 saturated carbocycles. The van der Waals surface area contributed by atoms with Crippen molar-refractivity contribution >= 4 is 29.2 Å². The number of esters is 1. The molecule has 1 aliphatic carbocycles. The number of ether oxygens (including phenoxy) is 3. The lowest BCUT2D eigenvalue weighted by Gasteiger charge is -2.21. The molecule has 8 heteroatoms. The highest BCUT2D eigenvalue weighted by Gasteiger charge is 2.31. The second-order valence-electron chi connectivity index (χ2n) is 8.39. The molecule has 5 rings (SSSR count). The highest BCUT2D eigenvalue weighted by atomic mass is 16.5. The maximum absolute atomic E-state index is 13.2. The van der Waals surface area contributed by atoms with Crippen LogP contribution in [0.5, 0.6) is 11.5 Å². The van der Waals surface area contributed by atoms with Crippen LogP contribution in [0.2, 0.25) is 0 Å². The molecule has 0 fully saturated rings. The molecular weight excluding hydrogens is 448 g/mol. The monoisotopic (exact) mass is 472 g/mol. The number of nitrogens with zero attached hydrogens (tertiary/aromatic N) is 1. The van der Waals surface area contributed by atoms with Crippen LogP contribution in [0.1, 0.15) is 39.6 Å². The van der Waals surface area contributed by atoms with Gasteiger partial charge in [-0.2, -0.15) is 0 Å². The SMILES string of the molecule is COC(=O)C(=O)Nc1ccc2c(c1)C(=O)N(c1ccc(OC)c(OC3CCc4ccccc43)c1)C2. The number of hydrogen-bond acceptors (Lipinski definition) is 6. The summed E-state index contributed by atoms with van der Waals surface area (Å²) in [7, 11) is 2.72. The Hall–Kier alpha value is -4.33. The van der Waals surface area contributed by atoms with Gasteiger partial charge in [0.2, 0.25) is 0 Å². The van der Waals surface area contributed by atoms with E-state index >= 15 is 0 Å². The van der Waals surface area contributed by atoms with E-state index in [2.05, 4.69) is 22.2 Å². The predicted octanol–water partition coefficient (Wildman–Crippen LogP) is 4.03. The Labute approximate surface area is 202 Å². The van der Waals surface area contributed by atoms with Crippen LogP contribution in [0.4, 0.5) is 11.4 Å². The summed E-state index contributed by atoms with van der Waals surface area (Å²) < 4.78 is 16.3. The molecule has 8 nitrogen and oxygen atoms in total. The summed E-state index contributed by atoms with van der Waals surface area (Å²) >= 11 is 0. The van der Waals surface area contributed by atoms with E-state index in [1.165, 1.54) is 11.1 Å². The Balaban J connectivity index is 1.38. The van der Waals surface area contributed by atoms with Crippen LogP contribution in [-0.4, -0.2) is 32.0 Å². The average molecular weight is 472 g/mol. The van der Waals surface area contributed by atoms with Crippen LogP contribution < -0.4 is 19.7 Å². The Morgan fingerprint density at radius 2 is 1.80 bits per heavy atom. The number of methoxy groups -OCH3 is 2. The van der Waals surface area contributed by atoms with Crippen molar-refractivity contribution in [1.29, 1.82) is 0 Å². The lowest BCUT2D eigenvalue weighted by Crippen LogP contribution is -2.24. The molecule has 178 valence electrons. The molecule has 0 spiro atoms. The van der Waals surface area contributed by atoms with E-state index in [1.54, 1.807) is 36.3 Å². The van der Waals surface area contributed by atoms with Crippen molar-refractivity contribution in [2.75, 3.05) is 24.4 Å². The number of nitrogens with one attached hydrogen (secondary N) is 1. The topological polar surface area (TPSA) is 94.2 Å². The van der Waals surface area contributed by atoms with Crippen LogP contribution >= 0.6 is 0 Å². The zero-order valence-corrected chi connectivity index (χ0v) is 19.4. The normalized spacial score (nSPS) is 15.9. The molecule has 35 heavy (non-hydrogen) atoms. The van der Waals surface area contributed by atoms with Gasteiger partial charge in [0, 0.05) is 23.0 Å². The summed E-state index contributed by atoms with van der Waals surface area (Å²) in [5.74, 6) is -0.956. The van der Waals surface area contributed by atoms with E-state index in [4.69, 9.17) is 9.47 Å². The fourth-order valence-corrected chi connectivity index (χ4v) is 4.58. The number of carbonyl (C=O) groups is 3. The molecule has 3 aromatic carbocycles. The Kier molecular flexibility index (Phi) is 5.86. The molecule has 3 aromatic rings. The second kappa shape index (κ2) is 9.13. The maximum atomic E-state index is 13.2. The molecule has 0 radical (unpaired) electrons. The molecule has 1 heterocycles. The number of benzene rings is 3. The minimum absolute atomic E-state index is 0.0807. The number of aryl methyl sites for hydroxylation is 1. The summed E-state index contributed by atoms with van der Waals surface area (Å²) in [6, 6.07) is 18.7. The van der Waals surface area contributed by atoms with E-state index in [-0.39, 0.29) is 12.0 Å². The largest absolute Gasteiger partial charge is 0.493 e. The van der Waals surface area contributed by atoms with Crippen LogP contribution in [0.25, 0.3) is 0 Å². The zero-order valence-electron chi connectivity index (χ0n) is 19.4. The molecule has 2 amide bonds. The number of hydrogen-bond donors (Lipinski definition) is 1. The molecule has 1 unspecified atom stereocenters. The van der Waals surface area contributed by atoms with Crippen molar-refractivity contribution in [3.63, 3.8) is 0 Å². The fourth-order valence-electron chi connectivity index (χ4n) is 4.58. The van der Waals surface area contributed by atoms with E-state index < -0.39 is 11.9 Å². The summed E-state index contributed by atoms with van der Waals surface area (Å²) in [5.41, 5.74) is 4.74. The summed E-state index contributed by atoms with van der Waals surface area (Å²) in [6.07, 6.45) is 1.75. The van der Waals surface area contributed by atoms with Gasteiger partial charge in [-0.25, -0.2) is 4.79 Å². The smallest absolute Gasteiger partial charge is 0.396 e. The fraction of sp³-hybridized carbons (Fsp3) is 0.222. The van der Waals surface area contributed by atoms with Crippen LogP contribution in [-0.2, 0) is 27.3 Å². The zero-order chi connectivity index (χ0) is 24.5. The molecule has 1 atom stereocenters. The first-order chi connectivity index (χ1) is 17.0. The standard InChI is InChI=1S/C27H24N2O6/c1-33-23-12-10-19(14-24(23)35-22-11-8-16-5-3-4-6-20(16)22)29-15-17-7-9-18(13-21(17)26(29)31)28-25(30)27(32)34-2/h3-7,9-10,12-14,22H,8,11,15H2,1-2H3,(H,28,30). The van der Waals surface area contributed by atoms with Gasteiger partial charge in [0.1, 0.15) is 6.10 Å². The van der Waals surface area contributed by atoms with Gasteiger partial charge in [0.05, 0.1) is 20.8 Å². The summed E-state index contributed by atoms with van der Waals surface area (Å²) in [6.45, 7) is 0.372. The number of anilines is 2. The Bertz CT molecular complexity index is 1330. The third kappa shape index (κ3) is 4.19. The first kappa shape index (κ1) is 22.5. The van der Waals surface area contributed by atoms with Crippen LogP contribution in [0.3, 0.4) is 0 Å². The van der Waals surface area contributed by atoms with Crippen molar-refractivity contribution in [3.8, 4) is 11.5 Å². The van der Waals surface area contributed by atoms with Gasteiger partial charge in [-0.1, -0.05) is 30.3 Å². The van der Waals surface area contributed by atoms with Crippen molar-refractivity contribution in [2.24, 2.45) is 0 Å². The first-order valence-electron chi connectivity index (χ1n) is 11.2. The van der Waals surface area contributed by atoms with Gasteiger partial charge >= 0.3 is 11.9 Å². The van der Waals surface area contributed by atoms with Crippen LogP contribution in [0, 0.1) is 0 Å². The third-order valence-electron chi connectivity index (χ3n) is 6.35. The van der Waals surface area contributed by atoms with Crippen molar-refractivity contribution in [1.82, 2.24) is 0 Å². The first-order valence-corrected chi connectivity index (χ1v) is 11.2. The van der Waals surface area contributed by atoms with E-state index in [0.29, 0.717) is 35.0 Å². The van der Waals surface area contributed by atoms with E-state index in [0.717, 1.165) is 25.5 Å². The Morgan fingerprint density at radius 3 is 2.60 bits per heavy atom. The molecule has 2 aliphatic rings. The van der Waals surface area contributed by atoms with E-state index in [9.17, 15) is 14.4 Å². The van der Waals surface area contributed by atoms with Gasteiger partial charge in [-0.3, -0.25) is 9.59 Å². The van der Waals surface area contributed by atoms with Crippen molar-refractivity contribution in [2.45, 2.75) is 25.5 Å². The number of rotatable bonds is 5. The molecule has 1 aliphatic heterocycles. The number of amides is 2. The van der Waals surface area contributed by atoms with E-state index in [1.807, 2.05) is 24.3 Å². The maximum Gasteiger partial charge on any atom is 0.396 e. The quantitative estimate of drug-likeness (QED) is 0.445. The lowest BCUT2D eigenvalue weighted by atomic mass is 10.1. The molecular formula is C27H24N2O6. The average Bonchev–Trinajstić information content (AvgIpc) is 3.44. The highest BCUT2D eigenvalue weighted by molar-refractivity contribution is 6.37. The van der Waals surface area contributed by atoms with Gasteiger partial charge < -0.3 is 24.4 Å². The molecule has 1 N–H and O–H groups in total. The Morgan fingerprint density at radius 1 is 0.971 bits per heavy atom. The number of fused-ring (bicyclic) bond motifs is 2.